The second-order valence-electron chi connectivity index (χ2n) is 2.17. The van der Waals surface area contributed by atoms with Gasteiger partial charge in [-0.05, 0) is 12.1 Å². The van der Waals surface area contributed by atoms with E-state index in [1.54, 1.807) is 0 Å². The van der Waals surface area contributed by atoms with E-state index in [9.17, 15) is 18.0 Å². The summed E-state index contributed by atoms with van der Waals surface area (Å²) in [5, 5.41) is 0. The van der Waals surface area contributed by atoms with Gasteiger partial charge in [0, 0.05) is 0 Å². The molecule has 6 heteroatoms. The van der Waals surface area contributed by atoms with Crippen molar-refractivity contribution in [3.8, 4) is 5.75 Å². The molecular formula is C8H4F3NO2. The van der Waals surface area contributed by atoms with E-state index in [0.29, 0.717) is 0 Å². The predicted molar refractivity (Wildman–Crippen MR) is 40.8 cm³/mol. The van der Waals surface area contributed by atoms with E-state index in [0.717, 1.165) is 18.2 Å². The molecule has 74 valence electrons. The summed E-state index contributed by atoms with van der Waals surface area (Å²) >= 11 is 0. The van der Waals surface area contributed by atoms with Crippen molar-refractivity contribution in [3.05, 3.63) is 24.0 Å². The smallest absolute Gasteiger partial charge is 0.387 e. The van der Waals surface area contributed by atoms with Crippen LogP contribution in [0, 0.1) is 5.82 Å². The Labute approximate surface area is 76.8 Å². The Balaban J connectivity index is 3.07. The molecule has 0 aliphatic carbocycles. The van der Waals surface area contributed by atoms with Gasteiger partial charge in [0.2, 0.25) is 6.08 Å². The second-order valence-corrected chi connectivity index (χ2v) is 2.17. The Hall–Kier alpha value is -1.81. The number of ether oxygens (including phenoxy) is 1. The third-order valence-electron chi connectivity index (χ3n) is 1.33. The molecule has 0 aliphatic rings. The van der Waals surface area contributed by atoms with Gasteiger partial charge in [0.05, 0.1) is 0 Å². The van der Waals surface area contributed by atoms with Crippen LogP contribution in [0.4, 0.5) is 18.9 Å². The van der Waals surface area contributed by atoms with Crippen molar-refractivity contribution < 1.29 is 22.7 Å². The Morgan fingerprint density at radius 1 is 1.43 bits per heavy atom. The van der Waals surface area contributed by atoms with Crippen LogP contribution in [0.3, 0.4) is 0 Å². The molecule has 3 nitrogen and oxygen atoms in total. The van der Waals surface area contributed by atoms with Gasteiger partial charge in [0.25, 0.3) is 0 Å². The van der Waals surface area contributed by atoms with Crippen LogP contribution in [0.2, 0.25) is 0 Å². The van der Waals surface area contributed by atoms with Crippen LogP contribution < -0.4 is 4.74 Å². The SMILES string of the molecule is O=C=Nc1cccc(OC(F)F)c1F. The lowest BCUT2D eigenvalue weighted by atomic mass is 10.3. The molecule has 0 spiro atoms. The zero-order valence-corrected chi connectivity index (χ0v) is 6.71. The number of halogens is 3. The van der Waals surface area contributed by atoms with Crippen LogP contribution in [-0.4, -0.2) is 12.7 Å². The number of aliphatic imine (C=N–C) groups is 1. The number of hydrogen-bond donors (Lipinski definition) is 0. The number of hydrogen-bond acceptors (Lipinski definition) is 3. The van der Waals surface area contributed by atoms with E-state index in [1.165, 1.54) is 6.07 Å². The van der Waals surface area contributed by atoms with Gasteiger partial charge in [-0.25, -0.2) is 9.18 Å². The number of rotatable bonds is 3. The molecule has 0 saturated heterocycles. The molecule has 0 saturated carbocycles. The van der Waals surface area contributed by atoms with Crippen LogP contribution >= 0.6 is 0 Å². The molecule has 0 aromatic heterocycles. The Morgan fingerprint density at radius 3 is 2.71 bits per heavy atom. The van der Waals surface area contributed by atoms with Gasteiger partial charge in [-0.2, -0.15) is 13.8 Å². The van der Waals surface area contributed by atoms with Gasteiger partial charge >= 0.3 is 6.61 Å². The lowest BCUT2D eigenvalue weighted by Gasteiger charge is -2.05. The van der Waals surface area contributed by atoms with Crippen molar-refractivity contribution in [2.45, 2.75) is 6.61 Å². The first-order chi connectivity index (χ1) is 6.65. The molecule has 0 amide bonds. The number of nitrogens with zero attached hydrogens (tertiary/aromatic N) is 1. The van der Waals surface area contributed by atoms with Gasteiger partial charge in [-0.15, -0.1) is 0 Å². The summed E-state index contributed by atoms with van der Waals surface area (Å²) in [6.45, 7) is -3.13. The molecule has 0 atom stereocenters. The minimum atomic E-state index is -3.13. The molecule has 0 radical (unpaired) electrons. The number of carbonyl (C=O) groups excluding carboxylic acids is 1. The molecule has 0 fully saturated rings. The second kappa shape index (κ2) is 4.43. The first-order valence-corrected chi connectivity index (χ1v) is 3.46. The van der Waals surface area contributed by atoms with Gasteiger partial charge in [-0.3, -0.25) is 0 Å². The fourth-order valence-electron chi connectivity index (χ4n) is 0.822. The van der Waals surface area contributed by atoms with Gasteiger partial charge < -0.3 is 4.74 Å². The quantitative estimate of drug-likeness (QED) is 0.558. The highest BCUT2D eigenvalue weighted by molar-refractivity contribution is 5.52. The molecule has 0 heterocycles. The fraction of sp³-hybridized carbons (Fsp3) is 0.125. The maximum atomic E-state index is 13.1. The highest BCUT2D eigenvalue weighted by Crippen LogP contribution is 2.27. The van der Waals surface area contributed by atoms with E-state index in [2.05, 4.69) is 9.73 Å². The van der Waals surface area contributed by atoms with Crippen molar-refractivity contribution in [2.75, 3.05) is 0 Å². The van der Waals surface area contributed by atoms with Crippen molar-refractivity contribution in [1.29, 1.82) is 0 Å². The molecule has 1 rings (SSSR count). The number of isocyanates is 1. The minimum Gasteiger partial charge on any atom is -0.432 e. The molecule has 1 aromatic carbocycles. The third-order valence-corrected chi connectivity index (χ3v) is 1.33. The summed E-state index contributed by atoms with van der Waals surface area (Å²) in [5.41, 5.74) is -0.391. The van der Waals surface area contributed by atoms with Crippen LogP contribution in [0.5, 0.6) is 5.75 Å². The highest BCUT2D eigenvalue weighted by Gasteiger charge is 2.12. The van der Waals surface area contributed by atoms with E-state index < -0.39 is 23.9 Å². The van der Waals surface area contributed by atoms with E-state index in [-0.39, 0.29) is 0 Å². The fourth-order valence-corrected chi connectivity index (χ4v) is 0.822. The standard InChI is InChI=1S/C8H4F3NO2/c9-7-5(12-4-13)2-1-3-6(7)14-8(10)11/h1-3,8H. The summed E-state index contributed by atoms with van der Waals surface area (Å²) in [6, 6.07) is 3.38. The van der Waals surface area contributed by atoms with Crippen LogP contribution in [0.15, 0.2) is 23.2 Å². The van der Waals surface area contributed by atoms with Crippen LogP contribution in [0.25, 0.3) is 0 Å². The number of benzene rings is 1. The van der Waals surface area contributed by atoms with E-state index in [1.807, 2.05) is 0 Å². The van der Waals surface area contributed by atoms with Crippen LogP contribution in [0.1, 0.15) is 0 Å². The monoisotopic (exact) mass is 203 g/mol. The highest BCUT2D eigenvalue weighted by atomic mass is 19.3. The lowest BCUT2D eigenvalue weighted by molar-refractivity contribution is -0.0521. The Kier molecular flexibility index (Phi) is 3.25. The van der Waals surface area contributed by atoms with Crippen molar-refractivity contribution in [3.63, 3.8) is 0 Å². The zero-order chi connectivity index (χ0) is 10.6. The van der Waals surface area contributed by atoms with Crippen molar-refractivity contribution in [1.82, 2.24) is 0 Å². The van der Waals surface area contributed by atoms with E-state index >= 15 is 0 Å². The minimum absolute atomic E-state index is 0.391. The van der Waals surface area contributed by atoms with Crippen molar-refractivity contribution >= 4 is 11.8 Å². The molecule has 0 bridgehead atoms. The van der Waals surface area contributed by atoms with Gasteiger partial charge in [-0.1, -0.05) is 6.07 Å². The van der Waals surface area contributed by atoms with Crippen LogP contribution in [-0.2, 0) is 4.79 Å². The molecule has 0 N–H and O–H groups in total. The maximum Gasteiger partial charge on any atom is 0.387 e. The topological polar surface area (TPSA) is 38.7 Å². The summed E-state index contributed by atoms with van der Waals surface area (Å²) in [4.78, 5) is 12.8. The summed E-state index contributed by atoms with van der Waals surface area (Å²) in [5.74, 6) is -1.77. The van der Waals surface area contributed by atoms with E-state index in [4.69, 9.17) is 0 Å². The summed E-state index contributed by atoms with van der Waals surface area (Å²) < 4.78 is 40.4. The molecule has 0 unspecified atom stereocenters. The first-order valence-electron chi connectivity index (χ1n) is 3.46. The molecule has 14 heavy (non-hydrogen) atoms. The zero-order valence-electron chi connectivity index (χ0n) is 6.71. The average molecular weight is 203 g/mol. The lowest BCUT2D eigenvalue weighted by Crippen LogP contribution is -2.03. The Morgan fingerprint density at radius 2 is 2.14 bits per heavy atom. The molecule has 1 aromatic rings. The maximum absolute atomic E-state index is 13.1. The molecule has 0 aliphatic heterocycles. The number of alkyl halides is 2. The van der Waals surface area contributed by atoms with Gasteiger partial charge in [0.15, 0.2) is 11.6 Å². The largest absolute Gasteiger partial charge is 0.432 e. The normalized spacial score (nSPS) is 9.71. The van der Waals surface area contributed by atoms with Crippen molar-refractivity contribution in [2.24, 2.45) is 4.99 Å². The first kappa shape index (κ1) is 10.3. The third kappa shape index (κ3) is 2.34. The Bertz CT molecular complexity index is 375. The summed E-state index contributed by atoms with van der Waals surface area (Å²) in [7, 11) is 0. The van der Waals surface area contributed by atoms with Gasteiger partial charge in [0.1, 0.15) is 5.69 Å². The molecular weight excluding hydrogens is 199 g/mol. The average Bonchev–Trinajstić information content (AvgIpc) is 2.11. The predicted octanol–water partition coefficient (Wildman–Crippen LogP) is 2.39. The summed E-state index contributed by atoms with van der Waals surface area (Å²) in [6.07, 6.45) is 1.10.